The third-order valence-electron chi connectivity index (χ3n) is 2.71. The number of methoxy groups -OCH3 is 1. The van der Waals surface area contributed by atoms with E-state index >= 15 is 0 Å². The van der Waals surface area contributed by atoms with Gasteiger partial charge in [-0.15, -0.1) is 0 Å². The van der Waals surface area contributed by atoms with E-state index in [2.05, 4.69) is 5.32 Å². The zero-order chi connectivity index (χ0) is 10.7. The Morgan fingerprint density at radius 2 is 2.14 bits per heavy atom. The van der Waals surface area contributed by atoms with Gasteiger partial charge in [-0.3, -0.25) is 0 Å². The third-order valence-corrected chi connectivity index (χ3v) is 3.48. The number of sulfonamides is 1. The first-order valence-corrected chi connectivity index (χ1v) is 6.45. The third kappa shape index (κ3) is 3.53. The van der Waals surface area contributed by atoms with Crippen LogP contribution in [0.3, 0.4) is 0 Å². The molecular weight excluding hydrogens is 204 g/mol. The van der Waals surface area contributed by atoms with Crippen LogP contribution in [0.1, 0.15) is 19.3 Å². The highest BCUT2D eigenvalue weighted by molar-refractivity contribution is 7.89. The fourth-order valence-electron chi connectivity index (χ4n) is 1.55. The topological polar surface area (TPSA) is 81.4 Å². The molecule has 3 N–H and O–H groups in total. The minimum absolute atomic E-state index is 0.0210. The second-order valence-electron chi connectivity index (χ2n) is 3.78. The molecule has 84 valence electrons. The smallest absolute Gasteiger partial charge is 0.210 e. The van der Waals surface area contributed by atoms with Crippen molar-refractivity contribution >= 4 is 10.0 Å². The van der Waals surface area contributed by atoms with Gasteiger partial charge in [0.2, 0.25) is 10.0 Å². The molecule has 0 amide bonds. The summed E-state index contributed by atoms with van der Waals surface area (Å²) in [6.07, 6.45) is 3.28. The highest BCUT2D eigenvalue weighted by atomic mass is 32.2. The molecule has 0 aliphatic heterocycles. The average molecular weight is 222 g/mol. The summed E-state index contributed by atoms with van der Waals surface area (Å²) in [5.74, 6) is -0.0210. The van der Waals surface area contributed by atoms with Crippen LogP contribution in [0.5, 0.6) is 0 Å². The Kier molecular flexibility index (Phi) is 3.88. The van der Waals surface area contributed by atoms with Crippen LogP contribution in [0.15, 0.2) is 0 Å². The first-order chi connectivity index (χ1) is 6.47. The predicted molar refractivity (Wildman–Crippen MR) is 54.4 cm³/mol. The predicted octanol–water partition coefficient (Wildman–Crippen LogP) is -0.566. The molecule has 1 aliphatic carbocycles. The van der Waals surface area contributed by atoms with Crippen LogP contribution >= 0.6 is 0 Å². The summed E-state index contributed by atoms with van der Waals surface area (Å²) >= 11 is 0. The maximum Gasteiger partial charge on any atom is 0.210 e. The standard InChI is InChI=1S/C8H18N2O3S/c1-13-8(3-2-4-8)7-10-5-6-14(9,11)12/h10H,2-7H2,1H3,(H2,9,11,12). The molecule has 1 rings (SSSR count). The van der Waals surface area contributed by atoms with Gasteiger partial charge in [-0.2, -0.15) is 0 Å². The van der Waals surface area contributed by atoms with E-state index in [0.717, 1.165) is 12.8 Å². The van der Waals surface area contributed by atoms with Gasteiger partial charge in [0.15, 0.2) is 0 Å². The van der Waals surface area contributed by atoms with E-state index < -0.39 is 10.0 Å². The highest BCUT2D eigenvalue weighted by Gasteiger charge is 2.36. The Morgan fingerprint density at radius 3 is 2.50 bits per heavy atom. The lowest BCUT2D eigenvalue weighted by molar-refractivity contribution is -0.0689. The molecule has 0 atom stereocenters. The molecule has 0 radical (unpaired) electrons. The normalized spacial score (nSPS) is 20.4. The van der Waals surface area contributed by atoms with Gasteiger partial charge < -0.3 is 10.1 Å². The van der Waals surface area contributed by atoms with E-state index in [1.165, 1.54) is 6.42 Å². The molecule has 1 fully saturated rings. The molecule has 1 saturated carbocycles. The van der Waals surface area contributed by atoms with E-state index in [4.69, 9.17) is 9.88 Å². The molecule has 0 unspecified atom stereocenters. The molecule has 0 aromatic heterocycles. The molecule has 0 spiro atoms. The minimum atomic E-state index is -3.34. The summed E-state index contributed by atoms with van der Waals surface area (Å²) in [5.41, 5.74) is -0.0572. The number of nitrogens with two attached hydrogens (primary N) is 1. The minimum Gasteiger partial charge on any atom is -0.377 e. The average Bonchev–Trinajstić information content (AvgIpc) is 2.00. The zero-order valence-electron chi connectivity index (χ0n) is 8.45. The Hall–Kier alpha value is -0.170. The lowest BCUT2D eigenvalue weighted by atomic mass is 9.80. The van der Waals surface area contributed by atoms with Crippen molar-refractivity contribution in [1.29, 1.82) is 0 Å². The van der Waals surface area contributed by atoms with Crippen LogP contribution < -0.4 is 10.5 Å². The van der Waals surface area contributed by atoms with Crippen LogP contribution in [0.4, 0.5) is 0 Å². The van der Waals surface area contributed by atoms with E-state index in [0.29, 0.717) is 13.1 Å². The molecule has 14 heavy (non-hydrogen) atoms. The number of primary sulfonamides is 1. The van der Waals surface area contributed by atoms with Crippen molar-refractivity contribution in [1.82, 2.24) is 5.32 Å². The van der Waals surface area contributed by atoms with Crippen LogP contribution in [-0.2, 0) is 14.8 Å². The first-order valence-electron chi connectivity index (χ1n) is 4.74. The SMILES string of the molecule is COC1(CNCCS(N)(=O)=O)CCC1. The molecule has 0 heterocycles. The van der Waals surface area contributed by atoms with Crippen molar-refractivity contribution in [2.24, 2.45) is 5.14 Å². The van der Waals surface area contributed by atoms with Crippen molar-refractivity contribution in [3.63, 3.8) is 0 Å². The second-order valence-corrected chi connectivity index (χ2v) is 5.52. The van der Waals surface area contributed by atoms with Crippen molar-refractivity contribution in [3.8, 4) is 0 Å². The lowest BCUT2D eigenvalue weighted by Crippen LogP contribution is -2.48. The number of ether oxygens (including phenoxy) is 1. The molecule has 6 heteroatoms. The van der Waals surface area contributed by atoms with Gasteiger partial charge in [0, 0.05) is 20.2 Å². The Balaban J connectivity index is 2.15. The quantitative estimate of drug-likeness (QED) is 0.590. The molecule has 0 aromatic carbocycles. The van der Waals surface area contributed by atoms with Crippen LogP contribution in [-0.4, -0.2) is 40.0 Å². The van der Waals surface area contributed by atoms with E-state index in [9.17, 15) is 8.42 Å². The summed E-state index contributed by atoms with van der Waals surface area (Å²) in [5, 5.41) is 7.92. The highest BCUT2D eigenvalue weighted by Crippen LogP contribution is 2.34. The molecule has 0 bridgehead atoms. The molecule has 0 saturated heterocycles. The monoisotopic (exact) mass is 222 g/mol. The number of hydrogen-bond acceptors (Lipinski definition) is 4. The van der Waals surface area contributed by atoms with Gasteiger partial charge >= 0.3 is 0 Å². The Labute approximate surface area is 85.1 Å². The molecular formula is C8H18N2O3S. The van der Waals surface area contributed by atoms with Gasteiger partial charge in [-0.25, -0.2) is 13.6 Å². The van der Waals surface area contributed by atoms with Gasteiger partial charge in [0.05, 0.1) is 11.4 Å². The summed E-state index contributed by atoms with van der Waals surface area (Å²) in [7, 11) is -1.65. The molecule has 0 aromatic rings. The van der Waals surface area contributed by atoms with Crippen molar-refractivity contribution in [2.75, 3.05) is 26.0 Å². The van der Waals surface area contributed by atoms with Crippen molar-refractivity contribution < 1.29 is 13.2 Å². The summed E-state index contributed by atoms with van der Waals surface area (Å²) in [6.45, 7) is 1.10. The molecule has 1 aliphatic rings. The maximum absolute atomic E-state index is 10.6. The summed E-state index contributed by atoms with van der Waals surface area (Å²) < 4.78 is 26.6. The van der Waals surface area contributed by atoms with E-state index in [-0.39, 0.29) is 11.4 Å². The van der Waals surface area contributed by atoms with Gasteiger partial charge in [0.25, 0.3) is 0 Å². The largest absolute Gasteiger partial charge is 0.377 e. The van der Waals surface area contributed by atoms with Crippen molar-refractivity contribution in [3.05, 3.63) is 0 Å². The van der Waals surface area contributed by atoms with E-state index in [1.807, 2.05) is 0 Å². The van der Waals surface area contributed by atoms with E-state index in [1.54, 1.807) is 7.11 Å². The van der Waals surface area contributed by atoms with Crippen LogP contribution in [0.25, 0.3) is 0 Å². The summed E-state index contributed by atoms with van der Waals surface area (Å²) in [4.78, 5) is 0. The van der Waals surface area contributed by atoms with Crippen molar-refractivity contribution in [2.45, 2.75) is 24.9 Å². The lowest BCUT2D eigenvalue weighted by Gasteiger charge is -2.40. The second kappa shape index (κ2) is 4.57. The van der Waals surface area contributed by atoms with Gasteiger partial charge in [0.1, 0.15) is 0 Å². The summed E-state index contributed by atoms with van der Waals surface area (Å²) in [6, 6.07) is 0. The Bertz CT molecular complexity index is 267. The van der Waals surface area contributed by atoms with Gasteiger partial charge in [-0.05, 0) is 19.3 Å². The first kappa shape index (κ1) is 11.9. The fourth-order valence-corrected chi connectivity index (χ4v) is 1.98. The van der Waals surface area contributed by atoms with Crippen LogP contribution in [0.2, 0.25) is 0 Å². The number of hydrogen-bond donors (Lipinski definition) is 2. The van der Waals surface area contributed by atoms with Gasteiger partial charge in [-0.1, -0.05) is 0 Å². The Morgan fingerprint density at radius 1 is 1.50 bits per heavy atom. The van der Waals surface area contributed by atoms with Crippen LogP contribution in [0, 0.1) is 0 Å². The fraction of sp³-hybridized carbons (Fsp3) is 1.00. The molecule has 5 nitrogen and oxygen atoms in total. The number of nitrogens with one attached hydrogen (secondary N) is 1. The zero-order valence-corrected chi connectivity index (χ0v) is 9.27. The maximum atomic E-state index is 10.6. The number of rotatable bonds is 6.